The number of ether oxygens (including phenoxy) is 1. The van der Waals surface area contributed by atoms with Gasteiger partial charge in [-0.3, -0.25) is 0 Å². The third-order valence-electron chi connectivity index (χ3n) is 2.96. The van der Waals surface area contributed by atoms with E-state index in [1.807, 2.05) is 0 Å². The maximum Gasteiger partial charge on any atom is 0.339 e. The van der Waals surface area contributed by atoms with Crippen molar-refractivity contribution >= 4 is 27.6 Å². The van der Waals surface area contributed by atoms with Crippen molar-refractivity contribution < 1.29 is 17.9 Å². The summed E-state index contributed by atoms with van der Waals surface area (Å²) in [5.74, 6) is -0.776. The van der Waals surface area contributed by atoms with Gasteiger partial charge in [-0.1, -0.05) is 25.4 Å². The van der Waals surface area contributed by atoms with Crippen LogP contribution in [0.15, 0.2) is 23.1 Å². The molecule has 0 fully saturated rings. The number of esters is 1. The predicted octanol–water partition coefficient (Wildman–Crippen LogP) is 2.44. The minimum Gasteiger partial charge on any atom is -0.444 e. The fourth-order valence-electron chi connectivity index (χ4n) is 1.79. The lowest BCUT2D eigenvalue weighted by molar-refractivity contribution is 0.0435. The summed E-state index contributed by atoms with van der Waals surface area (Å²) in [6.45, 7) is 5.41. The average Bonchev–Trinajstić information content (AvgIpc) is 2.48. The standard InChI is InChI=1S/C14H17ClN2O4S/c1-4-17(5-2)22(19,20)13-8-11(6-7-12(13)15)14(18)21-10(3)9-16/h6-8,10H,4-5H2,1-3H3/t10-/m1/s1. The predicted molar refractivity (Wildman–Crippen MR) is 82.0 cm³/mol. The summed E-state index contributed by atoms with van der Waals surface area (Å²) >= 11 is 5.97. The molecule has 0 N–H and O–H groups in total. The van der Waals surface area contributed by atoms with Gasteiger partial charge in [0.2, 0.25) is 10.0 Å². The Labute approximate surface area is 135 Å². The van der Waals surface area contributed by atoms with Gasteiger partial charge in [-0.2, -0.15) is 9.57 Å². The first-order valence-electron chi connectivity index (χ1n) is 6.68. The van der Waals surface area contributed by atoms with Crippen LogP contribution in [0.25, 0.3) is 0 Å². The molecule has 22 heavy (non-hydrogen) atoms. The zero-order chi connectivity index (χ0) is 16.9. The van der Waals surface area contributed by atoms with E-state index in [4.69, 9.17) is 21.6 Å². The highest BCUT2D eigenvalue weighted by atomic mass is 35.5. The number of hydrogen-bond acceptors (Lipinski definition) is 5. The van der Waals surface area contributed by atoms with Gasteiger partial charge in [0.25, 0.3) is 0 Å². The SMILES string of the molecule is CCN(CC)S(=O)(=O)c1cc(C(=O)O[C@H](C)C#N)ccc1Cl. The quantitative estimate of drug-likeness (QED) is 0.739. The van der Waals surface area contributed by atoms with E-state index in [-0.39, 0.29) is 28.6 Å². The van der Waals surface area contributed by atoms with Crippen LogP contribution in [0.2, 0.25) is 5.02 Å². The molecule has 6 nitrogen and oxygen atoms in total. The third kappa shape index (κ3) is 3.97. The molecule has 0 saturated carbocycles. The van der Waals surface area contributed by atoms with E-state index in [1.165, 1.54) is 29.4 Å². The van der Waals surface area contributed by atoms with Gasteiger partial charge in [0.15, 0.2) is 6.10 Å². The molecule has 0 bridgehead atoms. The fraction of sp³-hybridized carbons (Fsp3) is 0.429. The number of benzene rings is 1. The second-order valence-corrected chi connectivity index (χ2v) is 6.72. The van der Waals surface area contributed by atoms with E-state index in [1.54, 1.807) is 19.9 Å². The number of halogens is 1. The zero-order valence-corrected chi connectivity index (χ0v) is 14.1. The van der Waals surface area contributed by atoms with E-state index >= 15 is 0 Å². The van der Waals surface area contributed by atoms with Gasteiger partial charge in [-0.25, -0.2) is 13.2 Å². The van der Waals surface area contributed by atoms with E-state index in [0.29, 0.717) is 0 Å². The van der Waals surface area contributed by atoms with Crippen molar-refractivity contribution in [1.82, 2.24) is 4.31 Å². The van der Waals surface area contributed by atoms with Crippen LogP contribution in [-0.2, 0) is 14.8 Å². The Morgan fingerprint density at radius 1 is 1.41 bits per heavy atom. The number of carbonyl (C=O) groups is 1. The summed E-state index contributed by atoms with van der Waals surface area (Å²) in [7, 11) is -3.79. The number of nitrogens with zero attached hydrogens (tertiary/aromatic N) is 2. The Kier molecular flexibility index (Phi) is 6.35. The molecular weight excluding hydrogens is 328 g/mol. The molecule has 0 amide bonds. The van der Waals surface area contributed by atoms with Crippen molar-refractivity contribution in [2.24, 2.45) is 0 Å². The first-order valence-corrected chi connectivity index (χ1v) is 8.50. The van der Waals surface area contributed by atoms with Gasteiger partial charge >= 0.3 is 5.97 Å². The molecule has 0 heterocycles. The molecule has 1 aromatic carbocycles. The van der Waals surface area contributed by atoms with Crippen molar-refractivity contribution in [3.05, 3.63) is 28.8 Å². The summed E-state index contributed by atoms with van der Waals surface area (Å²) in [6, 6.07) is 5.61. The average molecular weight is 345 g/mol. The van der Waals surface area contributed by atoms with Crippen molar-refractivity contribution in [1.29, 1.82) is 5.26 Å². The maximum atomic E-state index is 12.5. The van der Waals surface area contributed by atoms with E-state index < -0.39 is 22.1 Å². The van der Waals surface area contributed by atoms with Crippen molar-refractivity contribution in [2.75, 3.05) is 13.1 Å². The zero-order valence-electron chi connectivity index (χ0n) is 12.5. The second-order valence-electron chi connectivity index (χ2n) is 4.41. The lowest BCUT2D eigenvalue weighted by Gasteiger charge is -2.19. The molecular formula is C14H17ClN2O4S. The number of rotatable bonds is 6. The van der Waals surface area contributed by atoms with Crippen LogP contribution < -0.4 is 0 Å². The topological polar surface area (TPSA) is 87.5 Å². The molecule has 0 unspecified atom stereocenters. The minimum absolute atomic E-state index is 0.0248. The van der Waals surface area contributed by atoms with Crippen LogP contribution in [0, 0.1) is 11.3 Å². The molecule has 1 rings (SSSR count). The van der Waals surface area contributed by atoms with Crippen LogP contribution in [0.3, 0.4) is 0 Å². The Morgan fingerprint density at radius 2 is 2.00 bits per heavy atom. The van der Waals surface area contributed by atoms with Gasteiger partial charge in [0.05, 0.1) is 10.6 Å². The number of carbonyl (C=O) groups excluding carboxylic acids is 1. The first kappa shape index (κ1) is 18.4. The van der Waals surface area contributed by atoms with E-state index in [2.05, 4.69) is 0 Å². The molecule has 0 aliphatic carbocycles. The summed E-state index contributed by atoms with van der Waals surface area (Å²) in [5.41, 5.74) is 0.0252. The third-order valence-corrected chi connectivity index (χ3v) is 5.49. The molecule has 0 aliphatic heterocycles. The van der Waals surface area contributed by atoms with Gasteiger partial charge in [-0.15, -0.1) is 0 Å². The highest BCUT2D eigenvalue weighted by molar-refractivity contribution is 7.89. The fourth-order valence-corrected chi connectivity index (χ4v) is 3.74. The summed E-state index contributed by atoms with van der Waals surface area (Å²) in [5, 5.41) is 8.67. The van der Waals surface area contributed by atoms with Gasteiger partial charge < -0.3 is 4.74 Å². The monoisotopic (exact) mass is 344 g/mol. The Morgan fingerprint density at radius 3 is 2.50 bits per heavy atom. The molecule has 0 aliphatic rings. The number of nitriles is 1. The summed E-state index contributed by atoms with van der Waals surface area (Å²) < 4.78 is 31.1. The Hall–Kier alpha value is -1.62. The summed E-state index contributed by atoms with van der Waals surface area (Å²) in [4.78, 5) is 11.7. The second kappa shape index (κ2) is 7.58. The largest absolute Gasteiger partial charge is 0.444 e. The van der Waals surface area contributed by atoms with Crippen LogP contribution in [0.1, 0.15) is 31.1 Å². The maximum absolute atomic E-state index is 12.5. The van der Waals surface area contributed by atoms with Crippen LogP contribution in [0.5, 0.6) is 0 Å². The summed E-state index contributed by atoms with van der Waals surface area (Å²) in [6.07, 6.45) is -0.925. The van der Waals surface area contributed by atoms with Crippen LogP contribution in [0.4, 0.5) is 0 Å². The van der Waals surface area contributed by atoms with Crippen molar-refractivity contribution in [3.63, 3.8) is 0 Å². The Balaban J connectivity index is 3.26. The highest BCUT2D eigenvalue weighted by Crippen LogP contribution is 2.26. The molecule has 120 valence electrons. The molecule has 0 radical (unpaired) electrons. The van der Waals surface area contributed by atoms with Gasteiger partial charge in [0, 0.05) is 13.1 Å². The van der Waals surface area contributed by atoms with E-state index in [9.17, 15) is 13.2 Å². The normalized spacial score (nSPS) is 12.7. The van der Waals surface area contributed by atoms with E-state index in [0.717, 1.165) is 0 Å². The van der Waals surface area contributed by atoms with Crippen LogP contribution >= 0.6 is 11.6 Å². The highest BCUT2D eigenvalue weighted by Gasteiger charge is 2.26. The van der Waals surface area contributed by atoms with Crippen molar-refractivity contribution in [2.45, 2.75) is 31.8 Å². The Bertz CT molecular complexity index is 693. The van der Waals surface area contributed by atoms with Crippen molar-refractivity contribution in [3.8, 4) is 6.07 Å². The smallest absolute Gasteiger partial charge is 0.339 e. The molecule has 0 saturated heterocycles. The van der Waals surface area contributed by atoms with Gasteiger partial charge in [0.1, 0.15) is 11.0 Å². The molecule has 0 spiro atoms. The minimum atomic E-state index is -3.79. The first-order chi connectivity index (χ1) is 10.3. The lowest BCUT2D eigenvalue weighted by Crippen LogP contribution is -2.31. The molecule has 1 atom stereocenters. The van der Waals surface area contributed by atoms with Crippen LogP contribution in [-0.4, -0.2) is 37.9 Å². The molecule has 8 heteroatoms. The van der Waals surface area contributed by atoms with Gasteiger partial charge in [-0.05, 0) is 25.1 Å². The number of sulfonamides is 1. The molecule has 0 aromatic heterocycles. The lowest BCUT2D eigenvalue weighted by atomic mass is 10.2. The molecule has 1 aromatic rings. The number of hydrogen-bond donors (Lipinski definition) is 0.